The Labute approximate surface area is 211 Å². The van der Waals surface area contributed by atoms with Crippen LogP contribution in [0.3, 0.4) is 0 Å². The van der Waals surface area contributed by atoms with Gasteiger partial charge in [0.05, 0.1) is 5.56 Å². The maximum absolute atomic E-state index is 13.4. The molecule has 0 bridgehead atoms. The van der Waals surface area contributed by atoms with E-state index in [2.05, 4.69) is 38.7 Å². The molecule has 6 nitrogen and oxygen atoms in total. The van der Waals surface area contributed by atoms with Crippen molar-refractivity contribution in [3.63, 3.8) is 0 Å². The van der Waals surface area contributed by atoms with Gasteiger partial charge in [-0.2, -0.15) is 0 Å². The highest BCUT2D eigenvalue weighted by molar-refractivity contribution is 6.06. The molecule has 1 aliphatic rings. The summed E-state index contributed by atoms with van der Waals surface area (Å²) in [6.07, 6.45) is 4.36. The standard InChI is InChI=1S/C30H28N4O2/c1-21-8-10-24(11-9-21)29(35)33-26-12-13-28(34-16-14-23-6-2-3-7-25(23)20-34)27(17-26)30(36)32-19-22-5-4-15-31-18-22/h2-13,15,17-18H,14,16,19-20H2,1H3,(H,32,36)(H,33,35). The van der Waals surface area contributed by atoms with Crippen molar-refractivity contribution in [3.8, 4) is 0 Å². The van der Waals surface area contributed by atoms with Gasteiger partial charge in [0.25, 0.3) is 11.8 Å². The topological polar surface area (TPSA) is 74.3 Å². The number of aromatic nitrogens is 1. The number of amides is 2. The SMILES string of the molecule is Cc1ccc(C(=O)Nc2ccc(N3CCc4ccccc4C3)c(C(=O)NCc3cccnc3)c2)cc1. The van der Waals surface area contributed by atoms with Gasteiger partial charge >= 0.3 is 0 Å². The lowest BCUT2D eigenvalue weighted by Crippen LogP contribution is -2.33. The number of rotatable bonds is 6. The zero-order chi connectivity index (χ0) is 24.9. The van der Waals surface area contributed by atoms with Gasteiger partial charge in [0.2, 0.25) is 0 Å². The summed E-state index contributed by atoms with van der Waals surface area (Å²) < 4.78 is 0. The molecule has 3 aromatic carbocycles. The summed E-state index contributed by atoms with van der Waals surface area (Å²) in [5, 5.41) is 5.96. The minimum Gasteiger partial charge on any atom is -0.366 e. The molecule has 0 radical (unpaired) electrons. The molecule has 0 unspecified atom stereocenters. The van der Waals surface area contributed by atoms with Gasteiger partial charge in [-0.3, -0.25) is 14.6 Å². The molecule has 0 saturated heterocycles. The summed E-state index contributed by atoms with van der Waals surface area (Å²) in [4.78, 5) is 32.6. The van der Waals surface area contributed by atoms with Crippen molar-refractivity contribution in [2.45, 2.75) is 26.4 Å². The molecule has 0 spiro atoms. The zero-order valence-electron chi connectivity index (χ0n) is 20.2. The van der Waals surface area contributed by atoms with E-state index in [1.54, 1.807) is 30.6 Å². The van der Waals surface area contributed by atoms with Gasteiger partial charge in [-0.25, -0.2) is 0 Å². The Hall–Kier alpha value is -4.45. The third kappa shape index (κ3) is 5.28. The van der Waals surface area contributed by atoms with Crippen molar-refractivity contribution in [3.05, 3.63) is 125 Å². The van der Waals surface area contributed by atoms with Crippen LogP contribution in [0.1, 0.15) is 43.0 Å². The van der Waals surface area contributed by atoms with Crippen LogP contribution in [0.2, 0.25) is 0 Å². The molecule has 36 heavy (non-hydrogen) atoms. The number of hydrogen-bond donors (Lipinski definition) is 2. The smallest absolute Gasteiger partial charge is 0.255 e. The molecule has 0 saturated carbocycles. The predicted molar refractivity (Wildman–Crippen MR) is 142 cm³/mol. The second-order valence-electron chi connectivity index (χ2n) is 9.04. The first-order chi connectivity index (χ1) is 17.6. The van der Waals surface area contributed by atoms with Crippen LogP contribution < -0.4 is 15.5 Å². The number of hydrogen-bond acceptors (Lipinski definition) is 4. The minimum absolute atomic E-state index is 0.195. The Bertz CT molecular complexity index is 1380. The lowest BCUT2D eigenvalue weighted by molar-refractivity contribution is 0.0950. The quantitative estimate of drug-likeness (QED) is 0.404. The summed E-state index contributed by atoms with van der Waals surface area (Å²) in [5.41, 5.74) is 7.14. The van der Waals surface area contributed by atoms with Crippen LogP contribution in [0, 0.1) is 6.92 Å². The fourth-order valence-electron chi connectivity index (χ4n) is 4.46. The molecule has 2 amide bonds. The van der Waals surface area contributed by atoms with E-state index < -0.39 is 0 Å². The molecule has 2 heterocycles. The van der Waals surface area contributed by atoms with Crippen LogP contribution in [0.25, 0.3) is 0 Å². The molecule has 180 valence electrons. The summed E-state index contributed by atoms with van der Waals surface area (Å²) in [6.45, 7) is 3.90. The van der Waals surface area contributed by atoms with Gasteiger partial charge in [0.15, 0.2) is 0 Å². The first-order valence-corrected chi connectivity index (χ1v) is 12.1. The molecule has 2 N–H and O–H groups in total. The number of carbonyl (C=O) groups excluding carboxylic acids is 2. The van der Waals surface area contributed by atoms with E-state index in [4.69, 9.17) is 0 Å². The largest absolute Gasteiger partial charge is 0.366 e. The highest BCUT2D eigenvalue weighted by atomic mass is 16.2. The summed E-state index contributed by atoms with van der Waals surface area (Å²) in [5.74, 6) is -0.407. The lowest BCUT2D eigenvalue weighted by Gasteiger charge is -2.32. The molecular formula is C30H28N4O2. The summed E-state index contributed by atoms with van der Waals surface area (Å²) in [6, 6.07) is 25.2. The van der Waals surface area contributed by atoms with Gasteiger partial charge in [-0.1, -0.05) is 48.0 Å². The number of nitrogens with zero attached hydrogens (tertiary/aromatic N) is 2. The van der Waals surface area contributed by atoms with Crippen LogP contribution in [0.5, 0.6) is 0 Å². The number of aryl methyl sites for hydroxylation is 1. The molecule has 1 aromatic heterocycles. The first kappa shape index (κ1) is 23.3. The molecule has 0 aliphatic carbocycles. The van der Waals surface area contributed by atoms with Gasteiger partial charge < -0.3 is 15.5 Å². The summed E-state index contributed by atoms with van der Waals surface area (Å²) in [7, 11) is 0. The highest BCUT2D eigenvalue weighted by Gasteiger charge is 2.22. The van der Waals surface area contributed by atoms with Crippen molar-refractivity contribution in [2.75, 3.05) is 16.8 Å². The van der Waals surface area contributed by atoms with Gasteiger partial charge in [0.1, 0.15) is 0 Å². The third-order valence-electron chi connectivity index (χ3n) is 6.46. The van der Waals surface area contributed by atoms with Crippen LogP contribution >= 0.6 is 0 Å². The molecule has 6 heteroatoms. The molecule has 5 rings (SSSR count). The van der Waals surface area contributed by atoms with Crippen molar-refractivity contribution in [1.82, 2.24) is 10.3 Å². The van der Waals surface area contributed by atoms with E-state index >= 15 is 0 Å². The number of benzene rings is 3. The van der Waals surface area contributed by atoms with Crippen LogP contribution in [0.4, 0.5) is 11.4 Å². The average molecular weight is 477 g/mol. The number of carbonyl (C=O) groups is 2. The third-order valence-corrected chi connectivity index (χ3v) is 6.46. The molecule has 4 aromatic rings. The summed E-state index contributed by atoms with van der Waals surface area (Å²) >= 11 is 0. The molecule has 0 atom stereocenters. The van der Waals surface area contributed by atoms with E-state index in [-0.39, 0.29) is 11.8 Å². The second-order valence-corrected chi connectivity index (χ2v) is 9.04. The molecule has 1 aliphatic heterocycles. The average Bonchev–Trinajstić information content (AvgIpc) is 2.92. The second kappa shape index (κ2) is 10.4. The number of nitrogens with one attached hydrogen (secondary N) is 2. The van der Waals surface area contributed by atoms with E-state index in [0.717, 1.165) is 36.3 Å². The van der Waals surface area contributed by atoms with E-state index in [9.17, 15) is 9.59 Å². The minimum atomic E-state index is -0.212. The van der Waals surface area contributed by atoms with Gasteiger partial charge in [-0.15, -0.1) is 0 Å². The van der Waals surface area contributed by atoms with Crippen LogP contribution in [-0.2, 0) is 19.5 Å². The predicted octanol–water partition coefficient (Wildman–Crippen LogP) is 5.14. The van der Waals surface area contributed by atoms with Crippen molar-refractivity contribution in [1.29, 1.82) is 0 Å². The maximum atomic E-state index is 13.4. The van der Waals surface area contributed by atoms with Crippen molar-refractivity contribution < 1.29 is 9.59 Å². The van der Waals surface area contributed by atoms with Crippen molar-refractivity contribution in [2.24, 2.45) is 0 Å². The van der Waals surface area contributed by atoms with E-state index in [1.165, 1.54) is 11.1 Å². The first-order valence-electron chi connectivity index (χ1n) is 12.1. The van der Waals surface area contributed by atoms with Crippen LogP contribution in [-0.4, -0.2) is 23.3 Å². The van der Waals surface area contributed by atoms with Crippen molar-refractivity contribution >= 4 is 23.2 Å². The Morgan fingerprint density at radius 3 is 2.50 bits per heavy atom. The zero-order valence-corrected chi connectivity index (χ0v) is 20.2. The Morgan fingerprint density at radius 2 is 1.72 bits per heavy atom. The number of pyridine rings is 1. The van der Waals surface area contributed by atoms with E-state index in [1.807, 2.05) is 49.4 Å². The molecular weight excluding hydrogens is 448 g/mol. The Morgan fingerprint density at radius 1 is 0.917 bits per heavy atom. The number of fused-ring (bicyclic) bond motifs is 1. The molecule has 0 fully saturated rings. The van der Waals surface area contributed by atoms with Gasteiger partial charge in [-0.05, 0) is 66.4 Å². The fraction of sp³-hybridized carbons (Fsp3) is 0.167. The van der Waals surface area contributed by atoms with Gasteiger partial charge in [0, 0.05) is 49.0 Å². The monoisotopic (exact) mass is 476 g/mol. The lowest BCUT2D eigenvalue weighted by atomic mass is 9.98. The highest BCUT2D eigenvalue weighted by Crippen LogP contribution is 2.30. The maximum Gasteiger partial charge on any atom is 0.255 e. The number of anilines is 2. The fourth-order valence-corrected chi connectivity index (χ4v) is 4.46. The normalized spacial score (nSPS) is 12.5. The Balaban J connectivity index is 1.42. The van der Waals surface area contributed by atoms with E-state index in [0.29, 0.717) is 23.4 Å². The van der Waals surface area contributed by atoms with Crippen LogP contribution in [0.15, 0.2) is 91.3 Å². The Kier molecular flexibility index (Phi) is 6.76.